The van der Waals surface area contributed by atoms with E-state index in [0.717, 1.165) is 51.8 Å². The number of benzene rings is 2. The minimum Gasteiger partial charge on any atom is -0.496 e. The summed E-state index contributed by atoms with van der Waals surface area (Å²) in [4.78, 5) is 4.10. The van der Waals surface area contributed by atoms with Crippen LogP contribution in [-0.2, 0) is 6.42 Å². The van der Waals surface area contributed by atoms with Gasteiger partial charge in [-0.15, -0.1) is 0 Å². The topological polar surface area (TPSA) is 43.4 Å². The van der Waals surface area contributed by atoms with Crippen molar-refractivity contribution in [3.8, 4) is 22.8 Å². The zero-order valence-corrected chi connectivity index (χ0v) is 22.9. The maximum atomic E-state index is 14.0. The lowest BCUT2D eigenvalue weighted by Crippen LogP contribution is -1.98. The van der Waals surface area contributed by atoms with Crippen LogP contribution in [0.1, 0.15) is 62.1 Å². The van der Waals surface area contributed by atoms with Crippen molar-refractivity contribution in [1.82, 2.24) is 4.98 Å². The number of aromatic nitrogens is 1. The quantitative estimate of drug-likeness (QED) is 0.147. The Morgan fingerprint density at radius 1 is 1.05 bits per heavy atom. The highest BCUT2D eigenvalue weighted by atomic mass is 32.2. The summed E-state index contributed by atoms with van der Waals surface area (Å²) < 4.78 is 28.6. The molecule has 1 fully saturated rings. The molecule has 37 heavy (non-hydrogen) atoms. The van der Waals surface area contributed by atoms with Crippen molar-refractivity contribution in [3.05, 3.63) is 71.2 Å². The number of methoxy groups -OCH3 is 2. The molecule has 1 aliphatic rings. The largest absolute Gasteiger partial charge is 0.496 e. The first kappa shape index (κ1) is 27.1. The van der Waals surface area contributed by atoms with E-state index in [-0.39, 0.29) is 0 Å². The molecule has 0 saturated heterocycles. The summed E-state index contributed by atoms with van der Waals surface area (Å²) in [7, 11) is 3.23. The lowest BCUT2D eigenvalue weighted by Gasteiger charge is -2.15. The molecule has 4 nitrogen and oxygen atoms in total. The van der Waals surface area contributed by atoms with Gasteiger partial charge in [0, 0.05) is 22.6 Å². The number of rotatable bonds is 12. The van der Waals surface area contributed by atoms with E-state index in [1.807, 2.05) is 18.2 Å². The standard InChI is InChI=1S/C31H37FN2O2S/c1-4-24-18-26(29-20-27(32)21-33-31(29)36-3)19-25(30(24)35-2)14-11-23-12-15-28(16-13-23)34-37-17-7-10-22-8-5-6-9-22/h11-16,18-22,34H,4-10,17H2,1-3H3. The van der Waals surface area contributed by atoms with E-state index in [1.165, 1.54) is 50.8 Å². The lowest BCUT2D eigenvalue weighted by atomic mass is 9.97. The van der Waals surface area contributed by atoms with Crippen LogP contribution < -0.4 is 14.2 Å². The van der Waals surface area contributed by atoms with Crippen LogP contribution >= 0.6 is 11.9 Å². The number of pyridine rings is 1. The molecule has 3 aromatic rings. The smallest absolute Gasteiger partial charge is 0.221 e. The molecular weight excluding hydrogens is 483 g/mol. The van der Waals surface area contributed by atoms with Crippen LogP contribution in [0.4, 0.5) is 10.1 Å². The van der Waals surface area contributed by atoms with Crippen LogP contribution in [0, 0.1) is 11.7 Å². The molecular formula is C31H37FN2O2S. The van der Waals surface area contributed by atoms with Crippen molar-refractivity contribution >= 4 is 29.8 Å². The van der Waals surface area contributed by atoms with Crippen molar-refractivity contribution in [2.75, 3.05) is 24.7 Å². The zero-order valence-electron chi connectivity index (χ0n) is 22.1. The SMILES string of the molecule is CCc1cc(-c2cc(F)cnc2OC)cc(C=Cc2ccc(NSCCCC3CCCC3)cc2)c1OC. The highest BCUT2D eigenvalue weighted by Gasteiger charge is 2.15. The Labute approximate surface area is 224 Å². The van der Waals surface area contributed by atoms with Crippen molar-refractivity contribution in [3.63, 3.8) is 0 Å². The van der Waals surface area contributed by atoms with E-state index in [9.17, 15) is 4.39 Å². The maximum absolute atomic E-state index is 14.0. The van der Waals surface area contributed by atoms with Gasteiger partial charge in [-0.25, -0.2) is 9.37 Å². The minimum absolute atomic E-state index is 0.392. The van der Waals surface area contributed by atoms with E-state index in [4.69, 9.17) is 9.47 Å². The summed E-state index contributed by atoms with van der Waals surface area (Å²) in [6.45, 7) is 2.08. The summed E-state index contributed by atoms with van der Waals surface area (Å²) in [5.74, 6) is 2.91. The van der Waals surface area contributed by atoms with Gasteiger partial charge in [-0.1, -0.05) is 68.8 Å². The van der Waals surface area contributed by atoms with Gasteiger partial charge in [-0.2, -0.15) is 0 Å². The summed E-state index contributed by atoms with van der Waals surface area (Å²) in [6.07, 6.45) is 14.4. The molecule has 1 heterocycles. The van der Waals surface area contributed by atoms with E-state index >= 15 is 0 Å². The van der Waals surface area contributed by atoms with Gasteiger partial charge >= 0.3 is 0 Å². The van der Waals surface area contributed by atoms with Crippen LogP contribution in [-0.4, -0.2) is 25.0 Å². The normalized spacial score (nSPS) is 13.8. The maximum Gasteiger partial charge on any atom is 0.221 e. The van der Waals surface area contributed by atoms with Crippen LogP contribution in [0.5, 0.6) is 11.6 Å². The van der Waals surface area contributed by atoms with E-state index < -0.39 is 5.82 Å². The summed E-state index contributed by atoms with van der Waals surface area (Å²) in [5.41, 5.74) is 5.61. The molecule has 0 spiro atoms. The number of nitrogens with one attached hydrogen (secondary N) is 1. The molecule has 0 atom stereocenters. The first-order chi connectivity index (χ1) is 18.1. The second-order valence-corrected chi connectivity index (χ2v) is 10.4. The predicted molar refractivity (Wildman–Crippen MR) is 155 cm³/mol. The van der Waals surface area contributed by atoms with Crippen LogP contribution in [0.15, 0.2) is 48.7 Å². The summed E-state index contributed by atoms with van der Waals surface area (Å²) in [6, 6.07) is 13.9. The Bertz CT molecular complexity index is 1190. The van der Waals surface area contributed by atoms with Crippen molar-refractivity contribution in [1.29, 1.82) is 0 Å². The predicted octanol–water partition coefficient (Wildman–Crippen LogP) is 8.67. The van der Waals surface area contributed by atoms with Gasteiger partial charge in [0.1, 0.15) is 11.6 Å². The molecule has 0 unspecified atom stereocenters. The van der Waals surface area contributed by atoms with Gasteiger partial charge in [0.25, 0.3) is 0 Å². The number of anilines is 1. The number of halogens is 1. The number of ether oxygens (including phenoxy) is 2. The molecule has 1 aromatic heterocycles. The highest BCUT2D eigenvalue weighted by Crippen LogP contribution is 2.36. The molecule has 0 amide bonds. The molecule has 0 aliphatic heterocycles. The molecule has 196 valence electrons. The van der Waals surface area contributed by atoms with Gasteiger partial charge in [-0.3, -0.25) is 0 Å². The summed E-state index contributed by atoms with van der Waals surface area (Å²) >= 11 is 1.79. The van der Waals surface area contributed by atoms with E-state index in [0.29, 0.717) is 11.4 Å². The Balaban J connectivity index is 1.45. The van der Waals surface area contributed by atoms with Crippen LogP contribution in [0.3, 0.4) is 0 Å². The average molecular weight is 521 g/mol. The fourth-order valence-corrected chi connectivity index (χ4v) is 5.74. The third kappa shape index (κ3) is 7.29. The molecule has 6 heteroatoms. The van der Waals surface area contributed by atoms with Crippen LogP contribution in [0.25, 0.3) is 23.3 Å². The number of nitrogens with zero attached hydrogens (tertiary/aromatic N) is 1. The fraction of sp³-hybridized carbons (Fsp3) is 0.387. The zero-order chi connectivity index (χ0) is 26.0. The van der Waals surface area contributed by atoms with Crippen molar-refractivity contribution in [2.24, 2.45) is 5.92 Å². The number of hydrogen-bond donors (Lipinski definition) is 1. The first-order valence-electron chi connectivity index (χ1n) is 13.2. The Morgan fingerprint density at radius 2 is 1.84 bits per heavy atom. The third-order valence-corrected chi connectivity index (χ3v) is 7.86. The Hall–Kier alpha value is -2.99. The van der Waals surface area contributed by atoms with Crippen molar-refractivity contribution < 1.29 is 13.9 Å². The molecule has 1 N–H and O–H groups in total. The third-order valence-electron chi connectivity index (χ3n) is 6.99. The van der Waals surface area contributed by atoms with Gasteiger partial charge in [0.2, 0.25) is 5.88 Å². The molecule has 1 aliphatic carbocycles. The first-order valence-corrected chi connectivity index (χ1v) is 14.2. The minimum atomic E-state index is -0.401. The van der Waals surface area contributed by atoms with Crippen LogP contribution in [0.2, 0.25) is 0 Å². The summed E-state index contributed by atoms with van der Waals surface area (Å²) in [5, 5.41) is 0. The molecule has 0 radical (unpaired) electrons. The van der Waals surface area contributed by atoms with Gasteiger partial charge < -0.3 is 14.2 Å². The molecule has 2 aromatic carbocycles. The highest BCUT2D eigenvalue weighted by molar-refractivity contribution is 8.00. The molecule has 4 rings (SSSR count). The molecule has 0 bridgehead atoms. The van der Waals surface area contributed by atoms with Crippen molar-refractivity contribution in [2.45, 2.75) is 51.9 Å². The Morgan fingerprint density at radius 3 is 2.54 bits per heavy atom. The Kier molecular flexibility index (Phi) is 9.89. The second-order valence-electron chi connectivity index (χ2n) is 9.52. The van der Waals surface area contributed by atoms with Gasteiger partial charge in [-0.05, 0) is 72.2 Å². The average Bonchev–Trinajstić information content (AvgIpc) is 3.45. The van der Waals surface area contributed by atoms with Gasteiger partial charge in [0.15, 0.2) is 0 Å². The monoisotopic (exact) mass is 520 g/mol. The van der Waals surface area contributed by atoms with E-state index in [2.05, 4.69) is 47.0 Å². The fourth-order valence-electron chi connectivity index (χ4n) is 5.03. The number of hydrogen-bond acceptors (Lipinski definition) is 5. The number of aryl methyl sites for hydroxylation is 1. The molecule has 1 saturated carbocycles. The lowest BCUT2D eigenvalue weighted by molar-refractivity contribution is 0.397. The van der Waals surface area contributed by atoms with Gasteiger partial charge in [0.05, 0.1) is 20.4 Å². The van der Waals surface area contributed by atoms with E-state index in [1.54, 1.807) is 26.2 Å². The second kappa shape index (κ2) is 13.5.